The summed E-state index contributed by atoms with van der Waals surface area (Å²) in [5, 5.41) is 12.4. The van der Waals surface area contributed by atoms with Gasteiger partial charge in [-0.2, -0.15) is 0 Å². The second-order valence-corrected chi connectivity index (χ2v) is 6.55. The fourth-order valence-electron chi connectivity index (χ4n) is 3.42. The van der Waals surface area contributed by atoms with Gasteiger partial charge in [-0.25, -0.2) is 9.78 Å². The minimum absolute atomic E-state index is 0.129. The molecule has 1 aliphatic heterocycles. The second-order valence-electron chi connectivity index (χ2n) is 6.55. The minimum Gasteiger partial charge on any atom is -0.497 e. The highest BCUT2D eigenvalue weighted by atomic mass is 16.5. The Morgan fingerprint density at radius 3 is 2.89 bits per heavy atom. The first-order valence-electron chi connectivity index (χ1n) is 8.81. The molecular formula is C20H21N3O4. The van der Waals surface area contributed by atoms with E-state index >= 15 is 0 Å². The molecule has 0 saturated carbocycles. The number of hydrogen-bond donors (Lipinski definition) is 2. The van der Waals surface area contributed by atoms with Crippen LogP contribution in [-0.2, 0) is 17.9 Å². The van der Waals surface area contributed by atoms with Gasteiger partial charge in [-0.3, -0.25) is 0 Å². The molecule has 7 heteroatoms. The molecule has 0 amide bonds. The third-order valence-corrected chi connectivity index (χ3v) is 4.79. The summed E-state index contributed by atoms with van der Waals surface area (Å²) in [4.78, 5) is 15.6. The van der Waals surface area contributed by atoms with Crippen molar-refractivity contribution in [2.45, 2.75) is 19.2 Å². The van der Waals surface area contributed by atoms with E-state index < -0.39 is 5.97 Å². The van der Waals surface area contributed by atoms with Crippen LogP contribution in [0.4, 0.5) is 0 Å². The predicted octanol–water partition coefficient (Wildman–Crippen LogP) is 2.60. The Kier molecular flexibility index (Phi) is 4.79. The normalized spacial score (nSPS) is 16.3. The van der Waals surface area contributed by atoms with Crippen molar-refractivity contribution < 1.29 is 19.4 Å². The van der Waals surface area contributed by atoms with Crippen molar-refractivity contribution in [3.05, 3.63) is 59.4 Å². The number of aromatic carboxylic acids is 1. The second kappa shape index (κ2) is 7.38. The van der Waals surface area contributed by atoms with Crippen LogP contribution >= 0.6 is 0 Å². The first kappa shape index (κ1) is 17.5. The van der Waals surface area contributed by atoms with E-state index in [1.54, 1.807) is 19.2 Å². The Balaban J connectivity index is 1.48. The highest BCUT2D eigenvalue weighted by molar-refractivity contribution is 5.87. The number of aromatic nitrogens is 2. The smallest absolute Gasteiger partial charge is 0.335 e. The summed E-state index contributed by atoms with van der Waals surface area (Å²) in [5.41, 5.74) is 3.31. The summed E-state index contributed by atoms with van der Waals surface area (Å²) in [5.74, 6) is 0.813. The fraction of sp³-hybridized carbons (Fsp3) is 0.300. The van der Waals surface area contributed by atoms with Crippen LogP contribution in [0.2, 0.25) is 0 Å². The standard InChI is InChI=1S/C20H21N3O4/c1-26-16-6-7-17-18(8-16)23-15(11-27-12-19(23)22-17)10-21-9-13-2-4-14(5-3-13)20(24)25/h2-8,15,21H,9-12H2,1H3,(H,24,25)/t15-/m0/s1. The molecule has 2 aromatic carbocycles. The van der Waals surface area contributed by atoms with Crippen LogP contribution < -0.4 is 10.1 Å². The summed E-state index contributed by atoms with van der Waals surface area (Å²) < 4.78 is 13.3. The molecule has 1 atom stereocenters. The Labute approximate surface area is 156 Å². The maximum atomic E-state index is 10.9. The number of benzene rings is 2. The highest BCUT2D eigenvalue weighted by Gasteiger charge is 2.24. The summed E-state index contributed by atoms with van der Waals surface area (Å²) in [6.45, 7) is 2.49. The van der Waals surface area contributed by atoms with Gasteiger partial charge in [0, 0.05) is 19.2 Å². The van der Waals surface area contributed by atoms with Crippen LogP contribution in [0.25, 0.3) is 11.0 Å². The highest BCUT2D eigenvalue weighted by Crippen LogP contribution is 2.28. The number of rotatable bonds is 6. The minimum atomic E-state index is -0.913. The van der Waals surface area contributed by atoms with Crippen molar-refractivity contribution in [3.8, 4) is 5.75 Å². The van der Waals surface area contributed by atoms with Crippen molar-refractivity contribution in [3.63, 3.8) is 0 Å². The van der Waals surface area contributed by atoms with Gasteiger partial charge >= 0.3 is 5.97 Å². The van der Waals surface area contributed by atoms with Gasteiger partial charge in [0.15, 0.2) is 0 Å². The van der Waals surface area contributed by atoms with Gasteiger partial charge in [0.2, 0.25) is 0 Å². The molecule has 2 N–H and O–H groups in total. The van der Waals surface area contributed by atoms with Gasteiger partial charge in [-0.05, 0) is 29.8 Å². The lowest BCUT2D eigenvalue weighted by molar-refractivity contribution is 0.0564. The quantitative estimate of drug-likeness (QED) is 0.697. The predicted molar refractivity (Wildman–Crippen MR) is 100 cm³/mol. The van der Waals surface area contributed by atoms with Gasteiger partial charge in [-0.15, -0.1) is 0 Å². The molecule has 140 valence electrons. The van der Waals surface area contributed by atoms with Crippen LogP contribution in [0.5, 0.6) is 5.75 Å². The van der Waals surface area contributed by atoms with Crippen LogP contribution in [0.3, 0.4) is 0 Å². The largest absolute Gasteiger partial charge is 0.497 e. The molecule has 0 unspecified atom stereocenters. The average molecular weight is 367 g/mol. The lowest BCUT2D eigenvalue weighted by Crippen LogP contribution is -2.32. The number of hydrogen-bond acceptors (Lipinski definition) is 5. The van der Waals surface area contributed by atoms with Gasteiger partial charge in [0.25, 0.3) is 0 Å². The Morgan fingerprint density at radius 1 is 1.33 bits per heavy atom. The van der Waals surface area contributed by atoms with E-state index in [0.717, 1.165) is 34.7 Å². The summed E-state index contributed by atoms with van der Waals surface area (Å²) in [7, 11) is 1.66. The lowest BCUT2D eigenvalue weighted by Gasteiger charge is -2.26. The lowest BCUT2D eigenvalue weighted by atomic mass is 10.1. The molecule has 0 saturated heterocycles. The molecule has 4 rings (SSSR count). The average Bonchev–Trinajstić information content (AvgIpc) is 3.07. The summed E-state index contributed by atoms with van der Waals surface area (Å²) in [6, 6.07) is 12.9. The van der Waals surface area contributed by atoms with Crippen LogP contribution in [0, 0.1) is 0 Å². The Morgan fingerprint density at radius 2 is 2.15 bits per heavy atom. The number of carboxylic acid groups (broad SMARTS) is 1. The van der Waals surface area contributed by atoms with Gasteiger partial charge < -0.3 is 24.5 Å². The number of nitrogens with one attached hydrogen (secondary N) is 1. The monoisotopic (exact) mass is 367 g/mol. The van der Waals surface area contributed by atoms with E-state index in [1.165, 1.54) is 0 Å². The number of fused-ring (bicyclic) bond motifs is 3. The van der Waals surface area contributed by atoms with Crippen molar-refractivity contribution in [1.29, 1.82) is 0 Å². The first-order chi connectivity index (χ1) is 13.2. The maximum Gasteiger partial charge on any atom is 0.335 e. The first-order valence-corrected chi connectivity index (χ1v) is 8.81. The number of ether oxygens (including phenoxy) is 2. The number of imidazole rings is 1. The molecule has 0 aliphatic carbocycles. The summed E-state index contributed by atoms with van der Waals surface area (Å²) >= 11 is 0. The number of methoxy groups -OCH3 is 1. The molecule has 0 spiro atoms. The van der Waals surface area contributed by atoms with E-state index in [0.29, 0.717) is 25.3 Å². The summed E-state index contributed by atoms with van der Waals surface area (Å²) in [6.07, 6.45) is 0. The number of carboxylic acids is 1. The van der Waals surface area contributed by atoms with Crippen molar-refractivity contribution in [2.24, 2.45) is 0 Å². The number of carbonyl (C=O) groups is 1. The van der Waals surface area contributed by atoms with Crippen LogP contribution in [0.15, 0.2) is 42.5 Å². The zero-order valence-corrected chi connectivity index (χ0v) is 15.0. The van der Waals surface area contributed by atoms with Gasteiger partial charge in [-0.1, -0.05) is 12.1 Å². The van der Waals surface area contributed by atoms with E-state index in [4.69, 9.17) is 14.6 Å². The molecule has 0 bridgehead atoms. The third-order valence-electron chi connectivity index (χ3n) is 4.79. The molecular weight excluding hydrogens is 346 g/mol. The third kappa shape index (κ3) is 3.51. The van der Waals surface area contributed by atoms with Crippen molar-refractivity contribution in [2.75, 3.05) is 20.3 Å². The molecule has 7 nitrogen and oxygen atoms in total. The van der Waals surface area contributed by atoms with Gasteiger partial charge in [0.05, 0.1) is 36.4 Å². The van der Waals surface area contributed by atoms with Gasteiger partial charge in [0.1, 0.15) is 18.2 Å². The number of nitrogens with zero attached hydrogens (tertiary/aromatic N) is 2. The Hall–Kier alpha value is -2.90. The van der Waals surface area contributed by atoms with Crippen LogP contribution in [-0.4, -0.2) is 40.9 Å². The SMILES string of the molecule is COc1ccc2nc3n(c2c1)[C@@H](CNCc1ccc(C(=O)O)cc1)COC3. The molecule has 2 heterocycles. The molecule has 1 aliphatic rings. The van der Waals surface area contributed by atoms with Crippen molar-refractivity contribution in [1.82, 2.24) is 14.9 Å². The van der Waals surface area contributed by atoms with E-state index in [-0.39, 0.29) is 6.04 Å². The maximum absolute atomic E-state index is 10.9. The van der Waals surface area contributed by atoms with Crippen LogP contribution in [0.1, 0.15) is 27.8 Å². The van der Waals surface area contributed by atoms with Crippen molar-refractivity contribution >= 4 is 17.0 Å². The molecule has 0 radical (unpaired) electrons. The zero-order valence-electron chi connectivity index (χ0n) is 15.0. The fourth-order valence-corrected chi connectivity index (χ4v) is 3.42. The van der Waals surface area contributed by atoms with E-state index in [2.05, 4.69) is 14.9 Å². The molecule has 3 aromatic rings. The van der Waals surface area contributed by atoms with E-state index in [9.17, 15) is 4.79 Å². The Bertz CT molecular complexity index is 965. The van der Waals surface area contributed by atoms with E-state index in [1.807, 2.05) is 30.3 Å². The molecule has 27 heavy (non-hydrogen) atoms. The molecule has 1 aromatic heterocycles. The topological polar surface area (TPSA) is 85.6 Å². The zero-order chi connectivity index (χ0) is 18.8. The molecule has 0 fully saturated rings.